The zero-order valence-corrected chi connectivity index (χ0v) is 11.4. The third-order valence-corrected chi connectivity index (χ3v) is 2.98. The molecule has 0 heterocycles. The topological polar surface area (TPSA) is 55.4 Å². The minimum absolute atomic E-state index is 0.223. The Morgan fingerprint density at radius 1 is 1.44 bits per heavy atom. The van der Waals surface area contributed by atoms with Crippen LogP contribution in [0.1, 0.15) is 22.8 Å². The fraction of sp³-hybridized carbons (Fsp3) is 0.385. The number of methoxy groups -OCH3 is 1. The van der Waals surface area contributed by atoms with Crippen LogP contribution in [-0.2, 0) is 9.53 Å². The molecule has 0 aliphatic carbocycles. The van der Waals surface area contributed by atoms with Crippen molar-refractivity contribution in [3.63, 3.8) is 0 Å². The highest BCUT2D eigenvalue weighted by atomic mass is 35.5. The standard InChI is InChI=1S/C13H16ClNO3/c1-8-4-5-11(10(6-8)13(17)18-3)15-12(16)9(2)7-14/h4-6,9H,7H2,1-3H3,(H,15,16). The second-order valence-corrected chi connectivity index (χ2v) is 4.39. The average molecular weight is 270 g/mol. The van der Waals surface area contributed by atoms with E-state index in [4.69, 9.17) is 11.6 Å². The van der Waals surface area contributed by atoms with Gasteiger partial charge in [-0.3, -0.25) is 4.79 Å². The number of esters is 1. The number of halogens is 1. The summed E-state index contributed by atoms with van der Waals surface area (Å²) in [6.45, 7) is 3.58. The van der Waals surface area contributed by atoms with E-state index in [0.717, 1.165) is 5.56 Å². The number of hydrogen-bond donors (Lipinski definition) is 1. The Labute approximate surface area is 111 Å². The largest absolute Gasteiger partial charge is 0.465 e. The lowest BCUT2D eigenvalue weighted by Gasteiger charge is -2.13. The van der Waals surface area contributed by atoms with Crippen LogP contribution in [0.5, 0.6) is 0 Å². The molecule has 1 aromatic rings. The van der Waals surface area contributed by atoms with Gasteiger partial charge < -0.3 is 10.1 Å². The van der Waals surface area contributed by atoms with E-state index in [0.29, 0.717) is 11.3 Å². The molecule has 1 atom stereocenters. The first-order valence-corrected chi connectivity index (χ1v) is 6.08. The summed E-state index contributed by atoms with van der Waals surface area (Å²) in [6.07, 6.45) is 0. The highest BCUT2D eigenvalue weighted by Gasteiger charge is 2.17. The molecule has 0 saturated heterocycles. The highest BCUT2D eigenvalue weighted by molar-refractivity contribution is 6.19. The first kappa shape index (κ1) is 14.5. The summed E-state index contributed by atoms with van der Waals surface area (Å²) in [4.78, 5) is 23.4. The number of anilines is 1. The number of benzene rings is 1. The van der Waals surface area contributed by atoms with E-state index in [1.807, 2.05) is 13.0 Å². The molecule has 0 aromatic heterocycles. The molecule has 18 heavy (non-hydrogen) atoms. The van der Waals surface area contributed by atoms with Gasteiger partial charge >= 0.3 is 5.97 Å². The van der Waals surface area contributed by atoms with Gasteiger partial charge in [0.05, 0.1) is 18.4 Å². The van der Waals surface area contributed by atoms with E-state index < -0.39 is 5.97 Å². The van der Waals surface area contributed by atoms with Gasteiger partial charge in [-0.05, 0) is 19.1 Å². The van der Waals surface area contributed by atoms with Gasteiger partial charge in [-0.15, -0.1) is 11.6 Å². The number of amides is 1. The highest BCUT2D eigenvalue weighted by Crippen LogP contribution is 2.19. The SMILES string of the molecule is COC(=O)c1cc(C)ccc1NC(=O)C(C)CCl. The minimum Gasteiger partial charge on any atom is -0.465 e. The van der Waals surface area contributed by atoms with E-state index in [1.54, 1.807) is 19.1 Å². The number of carbonyl (C=O) groups is 2. The van der Waals surface area contributed by atoms with Crippen molar-refractivity contribution >= 4 is 29.2 Å². The predicted molar refractivity (Wildman–Crippen MR) is 71.0 cm³/mol. The van der Waals surface area contributed by atoms with Crippen LogP contribution in [0.3, 0.4) is 0 Å². The third kappa shape index (κ3) is 3.47. The Morgan fingerprint density at radius 3 is 2.67 bits per heavy atom. The maximum absolute atomic E-state index is 11.7. The summed E-state index contributed by atoms with van der Waals surface area (Å²) in [7, 11) is 1.30. The molecular weight excluding hydrogens is 254 g/mol. The number of nitrogens with one attached hydrogen (secondary N) is 1. The van der Waals surface area contributed by atoms with Gasteiger partial charge in [0.15, 0.2) is 0 Å². The van der Waals surface area contributed by atoms with Crippen LogP contribution in [0.4, 0.5) is 5.69 Å². The van der Waals surface area contributed by atoms with Crippen LogP contribution < -0.4 is 5.32 Å². The molecule has 98 valence electrons. The molecule has 4 nitrogen and oxygen atoms in total. The molecule has 0 saturated carbocycles. The molecule has 0 fully saturated rings. The van der Waals surface area contributed by atoms with Gasteiger partial charge in [0.1, 0.15) is 0 Å². The number of rotatable bonds is 4. The van der Waals surface area contributed by atoms with E-state index in [1.165, 1.54) is 7.11 Å². The fourth-order valence-electron chi connectivity index (χ4n) is 1.37. The number of alkyl halides is 1. The number of carbonyl (C=O) groups excluding carboxylic acids is 2. The molecule has 0 aliphatic rings. The fourth-order valence-corrected chi connectivity index (χ4v) is 1.51. The maximum atomic E-state index is 11.7. The average Bonchev–Trinajstić information content (AvgIpc) is 2.38. The molecule has 0 spiro atoms. The van der Waals surface area contributed by atoms with Crippen LogP contribution in [0.25, 0.3) is 0 Å². The van der Waals surface area contributed by atoms with Crippen LogP contribution in [0.2, 0.25) is 0 Å². The molecule has 1 amide bonds. The number of ether oxygens (including phenoxy) is 1. The number of aryl methyl sites for hydroxylation is 1. The molecule has 1 N–H and O–H groups in total. The number of hydrogen-bond acceptors (Lipinski definition) is 3. The van der Waals surface area contributed by atoms with Gasteiger partial charge in [0.25, 0.3) is 0 Å². The van der Waals surface area contributed by atoms with Gasteiger partial charge in [-0.1, -0.05) is 18.6 Å². The van der Waals surface area contributed by atoms with Gasteiger partial charge in [0, 0.05) is 11.8 Å². The maximum Gasteiger partial charge on any atom is 0.339 e. The lowest BCUT2D eigenvalue weighted by atomic mass is 10.1. The van der Waals surface area contributed by atoms with Crippen LogP contribution >= 0.6 is 11.6 Å². The molecular formula is C13H16ClNO3. The minimum atomic E-state index is -0.479. The quantitative estimate of drug-likeness (QED) is 0.675. The van der Waals surface area contributed by atoms with Crippen molar-refractivity contribution in [3.05, 3.63) is 29.3 Å². The summed E-state index contributed by atoms with van der Waals surface area (Å²) in [5, 5.41) is 2.68. The van der Waals surface area contributed by atoms with Crippen molar-refractivity contribution in [1.29, 1.82) is 0 Å². The van der Waals surface area contributed by atoms with Crippen molar-refractivity contribution in [2.75, 3.05) is 18.3 Å². The Hall–Kier alpha value is -1.55. The lowest BCUT2D eigenvalue weighted by Crippen LogP contribution is -2.23. The van der Waals surface area contributed by atoms with Gasteiger partial charge in [0.2, 0.25) is 5.91 Å². The Morgan fingerprint density at radius 2 is 2.11 bits per heavy atom. The Balaban J connectivity index is 3.01. The Kier molecular flexibility index (Phi) is 5.16. The zero-order chi connectivity index (χ0) is 13.7. The van der Waals surface area contributed by atoms with Crippen LogP contribution in [0.15, 0.2) is 18.2 Å². The smallest absolute Gasteiger partial charge is 0.339 e. The molecule has 1 aromatic carbocycles. The van der Waals surface area contributed by atoms with Gasteiger partial charge in [-0.2, -0.15) is 0 Å². The molecule has 5 heteroatoms. The van der Waals surface area contributed by atoms with E-state index in [2.05, 4.69) is 10.1 Å². The lowest BCUT2D eigenvalue weighted by molar-refractivity contribution is -0.118. The molecule has 0 aliphatic heterocycles. The van der Waals surface area contributed by atoms with Crippen LogP contribution in [0, 0.1) is 12.8 Å². The van der Waals surface area contributed by atoms with E-state index in [9.17, 15) is 9.59 Å². The zero-order valence-electron chi connectivity index (χ0n) is 10.6. The van der Waals surface area contributed by atoms with Crippen molar-refractivity contribution in [2.24, 2.45) is 5.92 Å². The molecule has 0 radical (unpaired) electrons. The van der Waals surface area contributed by atoms with Crippen LogP contribution in [-0.4, -0.2) is 24.9 Å². The molecule has 1 rings (SSSR count). The van der Waals surface area contributed by atoms with Crippen molar-refractivity contribution < 1.29 is 14.3 Å². The second kappa shape index (κ2) is 6.40. The predicted octanol–water partition coefficient (Wildman–Crippen LogP) is 2.60. The van der Waals surface area contributed by atoms with E-state index in [-0.39, 0.29) is 17.7 Å². The van der Waals surface area contributed by atoms with E-state index >= 15 is 0 Å². The normalized spacial score (nSPS) is 11.8. The molecule has 0 bridgehead atoms. The summed E-state index contributed by atoms with van der Waals surface area (Å²) in [5.41, 5.74) is 1.70. The van der Waals surface area contributed by atoms with Gasteiger partial charge in [-0.25, -0.2) is 4.79 Å². The first-order chi connectivity index (χ1) is 8.49. The monoisotopic (exact) mass is 269 g/mol. The third-order valence-electron chi connectivity index (χ3n) is 2.52. The first-order valence-electron chi connectivity index (χ1n) is 5.55. The summed E-state index contributed by atoms with van der Waals surface area (Å²) < 4.78 is 4.68. The summed E-state index contributed by atoms with van der Waals surface area (Å²) >= 11 is 5.62. The second-order valence-electron chi connectivity index (χ2n) is 4.09. The van der Waals surface area contributed by atoms with Crippen molar-refractivity contribution in [1.82, 2.24) is 0 Å². The van der Waals surface area contributed by atoms with Crippen molar-refractivity contribution in [3.8, 4) is 0 Å². The molecule has 1 unspecified atom stereocenters. The Bertz CT molecular complexity index is 460. The van der Waals surface area contributed by atoms with Crippen molar-refractivity contribution in [2.45, 2.75) is 13.8 Å². The summed E-state index contributed by atoms with van der Waals surface area (Å²) in [6, 6.07) is 5.17. The summed E-state index contributed by atoms with van der Waals surface area (Å²) in [5.74, 6) is -0.796.